The fourth-order valence-corrected chi connectivity index (χ4v) is 6.16. The second-order valence-electron chi connectivity index (χ2n) is 9.52. The van der Waals surface area contributed by atoms with Gasteiger partial charge in [-0.05, 0) is 102 Å². The summed E-state index contributed by atoms with van der Waals surface area (Å²) in [5.74, 6) is 1.28. The summed E-state index contributed by atoms with van der Waals surface area (Å²) in [6.45, 7) is 8.24. The molecule has 208 valence electrons. The molecule has 3 aromatic carbocycles. The van der Waals surface area contributed by atoms with Crippen LogP contribution < -0.4 is 14.4 Å². The van der Waals surface area contributed by atoms with Gasteiger partial charge in [-0.15, -0.1) is 0 Å². The molecule has 2 fully saturated rings. The number of amidine groups is 1. The number of halogens is 1. The van der Waals surface area contributed by atoms with Crippen molar-refractivity contribution in [1.29, 1.82) is 0 Å². The Balaban J connectivity index is 1.33. The van der Waals surface area contributed by atoms with Crippen LogP contribution in [-0.4, -0.2) is 55.9 Å². The van der Waals surface area contributed by atoms with Crippen molar-refractivity contribution in [3.63, 3.8) is 0 Å². The predicted molar refractivity (Wildman–Crippen MR) is 171 cm³/mol. The van der Waals surface area contributed by atoms with Gasteiger partial charge >= 0.3 is 0 Å². The van der Waals surface area contributed by atoms with Gasteiger partial charge in [-0.3, -0.25) is 9.69 Å². The fraction of sp³-hybridized carbons (Fsp3) is 0.290. The lowest BCUT2D eigenvalue weighted by atomic mass is 10.1. The summed E-state index contributed by atoms with van der Waals surface area (Å²) in [4.78, 5) is 22.4. The van der Waals surface area contributed by atoms with E-state index in [1.165, 1.54) is 17.3 Å². The highest BCUT2D eigenvalue weighted by Gasteiger charge is 2.30. The lowest BCUT2D eigenvalue weighted by Gasteiger charge is -2.28. The van der Waals surface area contributed by atoms with E-state index < -0.39 is 0 Å². The summed E-state index contributed by atoms with van der Waals surface area (Å²) in [6.07, 6.45) is 1.89. The lowest BCUT2D eigenvalue weighted by molar-refractivity contribution is -0.121. The maximum Gasteiger partial charge on any atom is 0.266 e. The molecule has 9 heteroatoms. The number of thioether (sulfide) groups is 1. The molecule has 7 nitrogen and oxygen atoms in total. The molecule has 3 aromatic rings. The van der Waals surface area contributed by atoms with Gasteiger partial charge in [-0.25, -0.2) is 4.99 Å². The maximum absolute atomic E-state index is 13.1. The maximum atomic E-state index is 13.1. The van der Waals surface area contributed by atoms with Crippen LogP contribution in [0.2, 0.25) is 0 Å². The Hall–Kier alpha value is -3.02. The summed E-state index contributed by atoms with van der Waals surface area (Å²) < 4.78 is 18.5. The highest BCUT2D eigenvalue weighted by atomic mass is 127. The summed E-state index contributed by atoms with van der Waals surface area (Å²) in [5, 5.41) is 0.646. The number of aliphatic imine (C=N–C) groups is 1. The van der Waals surface area contributed by atoms with Crippen LogP contribution >= 0.6 is 34.4 Å². The number of hydrogen-bond acceptors (Lipinski definition) is 7. The minimum atomic E-state index is -0.0821. The summed E-state index contributed by atoms with van der Waals surface area (Å²) in [5.41, 5.74) is 5.14. The van der Waals surface area contributed by atoms with Crippen LogP contribution in [0.1, 0.15) is 23.6 Å². The van der Waals surface area contributed by atoms with E-state index in [9.17, 15) is 4.79 Å². The molecule has 0 aromatic heterocycles. The van der Waals surface area contributed by atoms with Crippen LogP contribution in [0.15, 0.2) is 70.6 Å². The van der Waals surface area contributed by atoms with Gasteiger partial charge in [0, 0.05) is 25.8 Å². The zero-order chi connectivity index (χ0) is 28.1. The number of likely N-dealkylation sites (N-methyl/N-ethyl adjacent to an activating group) is 1. The second kappa shape index (κ2) is 13.1. The number of benzene rings is 3. The zero-order valence-electron chi connectivity index (χ0n) is 22.9. The number of amides is 1. The molecule has 0 unspecified atom stereocenters. The third-order valence-corrected chi connectivity index (χ3v) is 8.45. The van der Waals surface area contributed by atoms with E-state index in [0.29, 0.717) is 34.8 Å². The lowest BCUT2D eigenvalue weighted by Crippen LogP contribution is -2.36. The Labute approximate surface area is 253 Å². The van der Waals surface area contributed by atoms with Crippen molar-refractivity contribution < 1.29 is 19.0 Å². The number of hydrogen-bond donors (Lipinski definition) is 0. The van der Waals surface area contributed by atoms with Crippen molar-refractivity contribution in [2.75, 3.05) is 44.9 Å². The number of nitrogens with zero attached hydrogens (tertiary/aromatic N) is 3. The Morgan fingerprint density at radius 1 is 1.05 bits per heavy atom. The Morgan fingerprint density at radius 2 is 1.77 bits per heavy atom. The number of aryl methyl sites for hydroxylation is 1. The van der Waals surface area contributed by atoms with Crippen molar-refractivity contribution in [1.82, 2.24) is 4.90 Å². The number of anilines is 1. The molecular formula is C31H32IN3O4S. The number of morpholine rings is 1. The van der Waals surface area contributed by atoms with Gasteiger partial charge in [0.15, 0.2) is 16.7 Å². The predicted octanol–water partition coefficient (Wildman–Crippen LogP) is 6.65. The van der Waals surface area contributed by atoms with Gasteiger partial charge < -0.3 is 19.1 Å². The summed E-state index contributed by atoms with van der Waals surface area (Å²) in [7, 11) is 1.76. The minimum absolute atomic E-state index is 0.0821. The van der Waals surface area contributed by atoms with Crippen LogP contribution in [-0.2, 0) is 16.1 Å². The monoisotopic (exact) mass is 669 g/mol. The topological polar surface area (TPSA) is 63.6 Å². The van der Waals surface area contributed by atoms with Crippen LogP contribution in [0, 0.1) is 10.5 Å². The first-order valence-corrected chi connectivity index (χ1v) is 15.1. The zero-order valence-corrected chi connectivity index (χ0v) is 25.8. The summed E-state index contributed by atoms with van der Waals surface area (Å²) in [6, 6.07) is 20.3. The van der Waals surface area contributed by atoms with Gasteiger partial charge in [0.05, 0.1) is 34.0 Å². The Morgan fingerprint density at radius 3 is 2.48 bits per heavy atom. The van der Waals surface area contributed by atoms with Gasteiger partial charge in [-0.1, -0.05) is 29.8 Å². The van der Waals surface area contributed by atoms with Gasteiger partial charge in [0.25, 0.3) is 5.91 Å². The van der Waals surface area contributed by atoms with E-state index in [1.54, 1.807) is 11.9 Å². The normalized spacial score (nSPS) is 17.6. The molecule has 0 spiro atoms. The highest BCUT2D eigenvalue weighted by molar-refractivity contribution is 14.1. The SMILES string of the molecule is CCOc1cc(/C=C2\SC(=Nc3ccc(N4CCOCC4)cc3)N(C)C2=O)cc(I)c1OCc1ccc(C)cc1. The molecule has 2 heterocycles. The van der Waals surface area contributed by atoms with Crippen LogP contribution in [0.4, 0.5) is 11.4 Å². The first-order valence-electron chi connectivity index (χ1n) is 13.2. The minimum Gasteiger partial charge on any atom is -0.490 e. The first kappa shape index (κ1) is 28.5. The second-order valence-corrected chi connectivity index (χ2v) is 11.7. The van der Waals surface area contributed by atoms with E-state index in [4.69, 9.17) is 19.2 Å². The molecule has 2 saturated heterocycles. The molecule has 1 amide bonds. The Kier molecular flexibility index (Phi) is 9.33. The van der Waals surface area contributed by atoms with Crippen LogP contribution in [0.5, 0.6) is 11.5 Å². The quantitative estimate of drug-likeness (QED) is 0.198. The number of rotatable bonds is 8. The Bertz CT molecular complexity index is 1420. The standard InChI is InChI=1S/C31H32IN3O4S/c1-4-38-27-18-23(17-26(32)29(27)39-20-22-7-5-21(2)6-8-22)19-28-30(36)34(3)31(40-28)33-24-9-11-25(12-10-24)35-13-15-37-16-14-35/h5-12,17-19H,4,13-16,20H2,1-3H3/b28-19-,33-31?. The van der Waals surface area contributed by atoms with Crippen molar-refractivity contribution >= 4 is 62.9 Å². The average molecular weight is 670 g/mol. The van der Waals surface area contributed by atoms with Crippen molar-refractivity contribution in [2.24, 2.45) is 4.99 Å². The molecule has 5 rings (SSSR count). The molecule has 2 aliphatic rings. The molecule has 0 saturated carbocycles. The average Bonchev–Trinajstić information content (AvgIpc) is 3.22. The molecule has 0 N–H and O–H groups in total. The number of carbonyl (C=O) groups is 1. The molecule has 0 atom stereocenters. The molecular weight excluding hydrogens is 637 g/mol. The van der Waals surface area contributed by atoms with E-state index in [2.05, 4.69) is 70.8 Å². The van der Waals surface area contributed by atoms with E-state index in [1.807, 2.05) is 37.3 Å². The number of carbonyl (C=O) groups excluding carboxylic acids is 1. The third-order valence-electron chi connectivity index (χ3n) is 6.59. The smallest absolute Gasteiger partial charge is 0.266 e. The van der Waals surface area contributed by atoms with E-state index >= 15 is 0 Å². The molecule has 0 bridgehead atoms. The largest absolute Gasteiger partial charge is 0.490 e. The molecule has 0 aliphatic carbocycles. The summed E-state index contributed by atoms with van der Waals surface area (Å²) >= 11 is 3.64. The van der Waals surface area contributed by atoms with Crippen LogP contribution in [0.3, 0.4) is 0 Å². The highest BCUT2D eigenvalue weighted by Crippen LogP contribution is 2.38. The fourth-order valence-electron chi connectivity index (χ4n) is 4.39. The van der Waals surface area contributed by atoms with Crippen molar-refractivity contribution in [3.8, 4) is 11.5 Å². The first-order chi connectivity index (χ1) is 19.4. The van der Waals surface area contributed by atoms with E-state index in [0.717, 1.165) is 52.4 Å². The van der Waals surface area contributed by atoms with Crippen molar-refractivity contribution in [3.05, 3.63) is 85.8 Å². The van der Waals surface area contributed by atoms with Crippen molar-refractivity contribution in [2.45, 2.75) is 20.5 Å². The van der Waals surface area contributed by atoms with Gasteiger partial charge in [0.2, 0.25) is 0 Å². The van der Waals surface area contributed by atoms with Gasteiger partial charge in [-0.2, -0.15) is 0 Å². The van der Waals surface area contributed by atoms with Gasteiger partial charge in [0.1, 0.15) is 6.61 Å². The molecule has 40 heavy (non-hydrogen) atoms. The molecule has 2 aliphatic heterocycles. The van der Waals surface area contributed by atoms with E-state index in [-0.39, 0.29) is 5.91 Å². The number of ether oxygens (including phenoxy) is 3. The van der Waals surface area contributed by atoms with Crippen LogP contribution in [0.25, 0.3) is 6.08 Å². The molecule has 0 radical (unpaired) electrons. The third kappa shape index (κ3) is 6.82.